The maximum absolute atomic E-state index is 12.0. The number of nitrogens with zero attached hydrogens (tertiary/aromatic N) is 2. The Bertz CT molecular complexity index is 228. The van der Waals surface area contributed by atoms with Gasteiger partial charge in [0.2, 0.25) is 5.91 Å². The van der Waals surface area contributed by atoms with E-state index >= 15 is 0 Å². The Labute approximate surface area is 98.8 Å². The number of amides is 1. The van der Waals surface area contributed by atoms with Gasteiger partial charge in [0, 0.05) is 32.7 Å². The van der Waals surface area contributed by atoms with E-state index in [2.05, 4.69) is 18.7 Å². The van der Waals surface area contributed by atoms with Crippen LogP contribution in [0.15, 0.2) is 0 Å². The summed E-state index contributed by atoms with van der Waals surface area (Å²) in [5, 5.41) is 0. The largest absolute Gasteiger partial charge is 0.344 e. The molecule has 1 unspecified atom stereocenters. The Morgan fingerprint density at radius 2 is 2.12 bits per heavy atom. The topological polar surface area (TPSA) is 49.6 Å². The van der Waals surface area contributed by atoms with Crippen molar-refractivity contribution < 1.29 is 4.79 Å². The molecular weight excluding hydrogens is 202 g/mol. The number of nitrogens with two attached hydrogens (primary N) is 1. The van der Waals surface area contributed by atoms with Crippen LogP contribution in [0, 0.1) is 0 Å². The molecule has 0 bridgehead atoms. The summed E-state index contributed by atoms with van der Waals surface area (Å²) in [4.78, 5) is 16.1. The number of hydrogen-bond donors (Lipinski definition) is 1. The van der Waals surface area contributed by atoms with Crippen molar-refractivity contribution in [1.82, 2.24) is 9.80 Å². The van der Waals surface area contributed by atoms with E-state index in [0.29, 0.717) is 12.6 Å². The normalized spacial score (nSPS) is 21.5. The smallest absolute Gasteiger partial charge is 0.239 e. The molecule has 0 aromatic rings. The molecule has 4 nitrogen and oxygen atoms in total. The van der Waals surface area contributed by atoms with Gasteiger partial charge in [-0.25, -0.2) is 0 Å². The first kappa shape index (κ1) is 13.5. The van der Waals surface area contributed by atoms with E-state index < -0.39 is 0 Å². The SMILES string of the molecule is CCC(CC)N(CCN)C1CCN(C)C1=O. The molecule has 1 atom stereocenters. The van der Waals surface area contributed by atoms with Crippen LogP contribution in [0.3, 0.4) is 0 Å². The average Bonchev–Trinajstić information content (AvgIpc) is 2.60. The molecular formula is C12H25N3O. The lowest BCUT2D eigenvalue weighted by Gasteiger charge is -2.34. The summed E-state index contributed by atoms with van der Waals surface area (Å²) < 4.78 is 0. The van der Waals surface area contributed by atoms with Crippen LogP contribution in [-0.4, -0.2) is 54.5 Å². The highest BCUT2D eigenvalue weighted by molar-refractivity contribution is 5.83. The van der Waals surface area contributed by atoms with Gasteiger partial charge in [-0.1, -0.05) is 13.8 Å². The fourth-order valence-corrected chi connectivity index (χ4v) is 2.61. The van der Waals surface area contributed by atoms with E-state index in [1.165, 1.54) is 0 Å². The predicted molar refractivity (Wildman–Crippen MR) is 66.2 cm³/mol. The van der Waals surface area contributed by atoms with Gasteiger partial charge < -0.3 is 10.6 Å². The van der Waals surface area contributed by atoms with E-state index in [1.807, 2.05) is 11.9 Å². The van der Waals surface area contributed by atoms with Gasteiger partial charge in [0.25, 0.3) is 0 Å². The second-order valence-corrected chi connectivity index (χ2v) is 4.56. The molecule has 1 fully saturated rings. The minimum absolute atomic E-state index is 0.0680. The van der Waals surface area contributed by atoms with Crippen LogP contribution in [0.25, 0.3) is 0 Å². The van der Waals surface area contributed by atoms with Crippen LogP contribution in [0.5, 0.6) is 0 Å². The number of rotatable bonds is 6. The highest BCUT2D eigenvalue weighted by Gasteiger charge is 2.35. The molecule has 1 aliphatic heterocycles. The molecule has 0 saturated carbocycles. The summed E-state index contributed by atoms with van der Waals surface area (Å²) in [5.41, 5.74) is 5.66. The third-order valence-corrected chi connectivity index (χ3v) is 3.60. The number of hydrogen-bond acceptors (Lipinski definition) is 3. The van der Waals surface area contributed by atoms with E-state index in [0.717, 1.165) is 32.4 Å². The summed E-state index contributed by atoms with van der Waals surface area (Å²) in [5.74, 6) is 0.264. The molecule has 1 heterocycles. The minimum atomic E-state index is 0.0680. The van der Waals surface area contributed by atoms with Crippen LogP contribution >= 0.6 is 0 Å². The van der Waals surface area contributed by atoms with Crippen molar-refractivity contribution in [2.24, 2.45) is 5.73 Å². The second kappa shape index (κ2) is 6.21. The molecule has 4 heteroatoms. The molecule has 0 spiro atoms. The Hall–Kier alpha value is -0.610. The number of likely N-dealkylation sites (N-methyl/N-ethyl adjacent to an activating group) is 1. The van der Waals surface area contributed by atoms with Crippen LogP contribution in [-0.2, 0) is 4.79 Å². The average molecular weight is 227 g/mol. The lowest BCUT2D eigenvalue weighted by atomic mass is 10.1. The van der Waals surface area contributed by atoms with E-state index in [9.17, 15) is 4.79 Å². The van der Waals surface area contributed by atoms with Crippen molar-refractivity contribution >= 4 is 5.91 Å². The molecule has 1 rings (SSSR count). The quantitative estimate of drug-likeness (QED) is 0.725. The first-order chi connectivity index (χ1) is 7.65. The van der Waals surface area contributed by atoms with Crippen molar-refractivity contribution in [3.8, 4) is 0 Å². The van der Waals surface area contributed by atoms with Gasteiger partial charge in [-0.05, 0) is 19.3 Å². The van der Waals surface area contributed by atoms with Gasteiger partial charge in [-0.15, -0.1) is 0 Å². The second-order valence-electron chi connectivity index (χ2n) is 4.56. The monoisotopic (exact) mass is 227 g/mol. The fourth-order valence-electron chi connectivity index (χ4n) is 2.61. The summed E-state index contributed by atoms with van der Waals surface area (Å²) in [6.45, 7) is 6.70. The Kier molecular flexibility index (Phi) is 5.22. The summed E-state index contributed by atoms with van der Waals surface area (Å²) in [6, 6.07) is 0.558. The summed E-state index contributed by atoms with van der Waals surface area (Å²) >= 11 is 0. The molecule has 1 saturated heterocycles. The van der Waals surface area contributed by atoms with Crippen LogP contribution in [0.2, 0.25) is 0 Å². The van der Waals surface area contributed by atoms with Gasteiger partial charge in [0.1, 0.15) is 0 Å². The molecule has 2 N–H and O–H groups in total. The zero-order valence-corrected chi connectivity index (χ0v) is 10.8. The molecule has 1 amide bonds. The summed E-state index contributed by atoms with van der Waals surface area (Å²) in [6.07, 6.45) is 3.12. The first-order valence-electron chi connectivity index (χ1n) is 6.36. The highest BCUT2D eigenvalue weighted by atomic mass is 16.2. The van der Waals surface area contributed by atoms with Gasteiger partial charge >= 0.3 is 0 Å². The first-order valence-corrected chi connectivity index (χ1v) is 6.36. The molecule has 0 aromatic heterocycles. The zero-order valence-electron chi connectivity index (χ0n) is 10.8. The maximum Gasteiger partial charge on any atom is 0.239 e. The molecule has 0 aliphatic carbocycles. The van der Waals surface area contributed by atoms with Crippen molar-refractivity contribution in [2.45, 2.75) is 45.2 Å². The molecule has 1 aliphatic rings. The standard InChI is InChI=1S/C12H25N3O/c1-4-10(5-2)15(9-7-13)11-6-8-14(3)12(11)16/h10-11H,4-9,13H2,1-3H3. The van der Waals surface area contributed by atoms with Gasteiger partial charge in [-0.3, -0.25) is 9.69 Å². The third-order valence-electron chi connectivity index (χ3n) is 3.60. The van der Waals surface area contributed by atoms with Gasteiger partial charge in [0.05, 0.1) is 6.04 Å². The third kappa shape index (κ3) is 2.74. The maximum atomic E-state index is 12.0. The van der Waals surface area contributed by atoms with Crippen LogP contribution < -0.4 is 5.73 Å². The molecule has 0 aromatic carbocycles. The van der Waals surface area contributed by atoms with Crippen molar-refractivity contribution in [1.29, 1.82) is 0 Å². The number of likely N-dealkylation sites (tertiary alicyclic amines) is 1. The highest BCUT2D eigenvalue weighted by Crippen LogP contribution is 2.20. The Morgan fingerprint density at radius 3 is 2.50 bits per heavy atom. The lowest BCUT2D eigenvalue weighted by molar-refractivity contribution is -0.131. The Morgan fingerprint density at radius 1 is 1.50 bits per heavy atom. The van der Waals surface area contributed by atoms with Gasteiger partial charge in [-0.2, -0.15) is 0 Å². The number of carbonyl (C=O) groups is 1. The minimum Gasteiger partial charge on any atom is -0.344 e. The predicted octanol–water partition coefficient (Wildman–Crippen LogP) is 0.666. The van der Waals surface area contributed by atoms with Crippen LogP contribution in [0.1, 0.15) is 33.1 Å². The van der Waals surface area contributed by atoms with Crippen LogP contribution in [0.4, 0.5) is 0 Å². The zero-order chi connectivity index (χ0) is 12.1. The van der Waals surface area contributed by atoms with Gasteiger partial charge in [0.15, 0.2) is 0 Å². The van der Waals surface area contributed by atoms with Crippen molar-refractivity contribution in [3.63, 3.8) is 0 Å². The van der Waals surface area contributed by atoms with E-state index in [-0.39, 0.29) is 11.9 Å². The van der Waals surface area contributed by atoms with E-state index in [1.54, 1.807) is 0 Å². The molecule has 94 valence electrons. The molecule has 16 heavy (non-hydrogen) atoms. The van der Waals surface area contributed by atoms with Crippen molar-refractivity contribution in [3.05, 3.63) is 0 Å². The van der Waals surface area contributed by atoms with E-state index in [4.69, 9.17) is 5.73 Å². The number of carbonyl (C=O) groups excluding carboxylic acids is 1. The fraction of sp³-hybridized carbons (Fsp3) is 0.917. The Balaban J connectivity index is 2.72. The summed E-state index contributed by atoms with van der Waals surface area (Å²) in [7, 11) is 1.88. The molecule has 0 radical (unpaired) electrons. The lowest BCUT2D eigenvalue weighted by Crippen LogP contribution is -2.48. The van der Waals surface area contributed by atoms with Crippen molar-refractivity contribution in [2.75, 3.05) is 26.7 Å².